The fourth-order valence-electron chi connectivity index (χ4n) is 2.12. The molecule has 0 aliphatic carbocycles. The van der Waals surface area contributed by atoms with Crippen LogP contribution in [0.25, 0.3) is 0 Å². The van der Waals surface area contributed by atoms with Gasteiger partial charge in [0.05, 0.1) is 0 Å². The highest BCUT2D eigenvalue weighted by Gasteiger charge is 2.48. The Hall–Kier alpha value is -0.960. The van der Waals surface area contributed by atoms with Crippen molar-refractivity contribution >= 4 is 0 Å². The number of hydrogen-bond acceptors (Lipinski definition) is 1. The van der Waals surface area contributed by atoms with Crippen LogP contribution in [0.15, 0.2) is 18.2 Å². The Morgan fingerprint density at radius 3 is 1.78 bits per heavy atom. The maximum Gasteiger partial charge on any atom is 0.300 e. The molecule has 0 radical (unpaired) electrons. The van der Waals surface area contributed by atoms with Gasteiger partial charge in [0.2, 0.25) is 0 Å². The van der Waals surface area contributed by atoms with Crippen molar-refractivity contribution in [3.63, 3.8) is 0 Å². The molecule has 0 heterocycles. The van der Waals surface area contributed by atoms with Gasteiger partial charge in [-0.3, -0.25) is 0 Å². The summed E-state index contributed by atoms with van der Waals surface area (Å²) < 4.78 is 28.5. The number of hydrogen-bond donors (Lipinski definition) is 1. The fraction of sp³-hybridized carbons (Fsp3) is 0.600. The predicted octanol–water partition coefficient (Wildman–Crippen LogP) is 4.16. The van der Waals surface area contributed by atoms with Crippen LogP contribution < -0.4 is 0 Å². The third-order valence-electron chi connectivity index (χ3n) is 3.25. The molecule has 1 aromatic rings. The molecule has 1 aromatic carbocycles. The van der Waals surface area contributed by atoms with Gasteiger partial charge in [0.25, 0.3) is 0 Å². The first-order chi connectivity index (χ1) is 7.89. The van der Waals surface area contributed by atoms with E-state index in [9.17, 15) is 13.9 Å². The Kier molecular flexibility index (Phi) is 3.61. The van der Waals surface area contributed by atoms with Crippen LogP contribution >= 0.6 is 0 Å². The molecule has 0 aliphatic rings. The highest BCUT2D eigenvalue weighted by atomic mass is 19.3. The van der Waals surface area contributed by atoms with Crippen molar-refractivity contribution in [3.8, 4) is 0 Å². The molecular formula is C15H22F2O. The van der Waals surface area contributed by atoms with Gasteiger partial charge in [-0.25, -0.2) is 0 Å². The summed E-state index contributed by atoms with van der Waals surface area (Å²) in [5.74, 6) is -3.27. The van der Waals surface area contributed by atoms with Crippen molar-refractivity contribution in [2.24, 2.45) is 0 Å². The van der Waals surface area contributed by atoms with E-state index in [1.165, 1.54) is 6.07 Å². The van der Waals surface area contributed by atoms with Crippen LogP contribution in [0.2, 0.25) is 0 Å². The van der Waals surface area contributed by atoms with E-state index in [0.717, 1.165) is 19.4 Å². The van der Waals surface area contributed by atoms with Crippen LogP contribution in [0, 0.1) is 6.92 Å². The van der Waals surface area contributed by atoms with Crippen LogP contribution in [-0.2, 0) is 11.3 Å². The second kappa shape index (κ2) is 4.30. The van der Waals surface area contributed by atoms with Crippen LogP contribution in [0.4, 0.5) is 8.78 Å². The second-order valence-corrected chi connectivity index (χ2v) is 6.36. The minimum atomic E-state index is -3.27. The Balaban J connectivity index is 3.46. The third-order valence-corrected chi connectivity index (χ3v) is 3.25. The fourth-order valence-corrected chi connectivity index (χ4v) is 2.12. The average Bonchev–Trinajstić information content (AvgIpc) is 2.13. The van der Waals surface area contributed by atoms with E-state index in [4.69, 9.17) is 0 Å². The Labute approximate surface area is 108 Å². The summed E-state index contributed by atoms with van der Waals surface area (Å²) >= 11 is 0. The SMILES string of the molecule is Cc1c(C(C)(C)C)cccc1C(F)(F)C(C)(C)O. The van der Waals surface area contributed by atoms with Gasteiger partial charge in [0.15, 0.2) is 0 Å². The first kappa shape index (κ1) is 15.1. The van der Waals surface area contributed by atoms with Crippen LogP contribution in [-0.4, -0.2) is 10.7 Å². The van der Waals surface area contributed by atoms with Gasteiger partial charge in [-0.1, -0.05) is 39.0 Å². The molecule has 1 N–H and O–H groups in total. The van der Waals surface area contributed by atoms with Crippen molar-refractivity contribution < 1.29 is 13.9 Å². The molecule has 0 unspecified atom stereocenters. The lowest BCUT2D eigenvalue weighted by atomic mass is 9.80. The number of aliphatic hydroxyl groups is 1. The Morgan fingerprint density at radius 1 is 0.944 bits per heavy atom. The van der Waals surface area contributed by atoms with E-state index >= 15 is 0 Å². The lowest BCUT2D eigenvalue weighted by Crippen LogP contribution is -2.41. The topological polar surface area (TPSA) is 20.2 Å². The number of halogens is 2. The molecule has 0 amide bonds. The molecule has 18 heavy (non-hydrogen) atoms. The van der Waals surface area contributed by atoms with Gasteiger partial charge in [-0.15, -0.1) is 0 Å². The second-order valence-electron chi connectivity index (χ2n) is 6.36. The summed E-state index contributed by atoms with van der Waals surface area (Å²) in [4.78, 5) is 0. The number of alkyl halides is 2. The Bertz CT molecular complexity index is 437. The lowest BCUT2D eigenvalue weighted by molar-refractivity contribution is -0.168. The van der Waals surface area contributed by atoms with Crippen molar-refractivity contribution in [3.05, 3.63) is 34.9 Å². The predicted molar refractivity (Wildman–Crippen MR) is 70.1 cm³/mol. The van der Waals surface area contributed by atoms with E-state index < -0.39 is 11.5 Å². The van der Waals surface area contributed by atoms with Crippen molar-refractivity contribution in [2.75, 3.05) is 0 Å². The van der Waals surface area contributed by atoms with Crippen LogP contribution in [0.5, 0.6) is 0 Å². The van der Waals surface area contributed by atoms with Crippen molar-refractivity contribution in [1.82, 2.24) is 0 Å². The van der Waals surface area contributed by atoms with Gasteiger partial charge >= 0.3 is 5.92 Å². The highest BCUT2D eigenvalue weighted by molar-refractivity contribution is 5.41. The average molecular weight is 256 g/mol. The number of benzene rings is 1. The monoisotopic (exact) mass is 256 g/mol. The molecule has 0 bridgehead atoms. The van der Waals surface area contributed by atoms with Gasteiger partial charge in [0.1, 0.15) is 5.60 Å². The molecule has 1 nitrogen and oxygen atoms in total. The summed E-state index contributed by atoms with van der Waals surface area (Å²) in [5.41, 5.74) is -0.937. The first-order valence-electron chi connectivity index (χ1n) is 6.10. The zero-order chi connectivity index (χ0) is 14.4. The lowest BCUT2D eigenvalue weighted by Gasteiger charge is -2.32. The van der Waals surface area contributed by atoms with Crippen molar-refractivity contribution in [1.29, 1.82) is 0 Å². The van der Waals surface area contributed by atoms with E-state index in [2.05, 4.69) is 0 Å². The van der Waals surface area contributed by atoms with Crippen molar-refractivity contribution in [2.45, 2.75) is 58.5 Å². The molecule has 0 aromatic heterocycles. The molecule has 1 rings (SSSR count). The molecule has 102 valence electrons. The molecule has 3 heteroatoms. The van der Waals surface area contributed by atoms with Crippen LogP contribution in [0.1, 0.15) is 51.3 Å². The largest absolute Gasteiger partial charge is 0.384 e. The minimum absolute atomic E-state index is 0.0950. The zero-order valence-corrected chi connectivity index (χ0v) is 11.9. The molecular weight excluding hydrogens is 234 g/mol. The van der Waals surface area contributed by atoms with Gasteiger partial charge in [-0.2, -0.15) is 8.78 Å². The summed E-state index contributed by atoms with van der Waals surface area (Å²) in [7, 11) is 0. The van der Waals surface area contributed by atoms with Gasteiger partial charge in [-0.05, 0) is 37.3 Å². The maximum absolute atomic E-state index is 14.2. The normalized spacial score (nSPS) is 13.8. The summed E-state index contributed by atoms with van der Waals surface area (Å²) in [6.07, 6.45) is 0. The molecule has 0 fully saturated rings. The van der Waals surface area contributed by atoms with E-state index in [1.807, 2.05) is 26.8 Å². The molecule has 0 saturated heterocycles. The molecule has 0 aliphatic heterocycles. The standard InChI is InChI=1S/C15H22F2O/c1-10-11(13(2,3)4)8-7-9-12(10)15(16,17)14(5,6)18/h7-9,18H,1-6H3. The Morgan fingerprint density at radius 2 is 1.39 bits per heavy atom. The minimum Gasteiger partial charge on any atom is -0.384 e. The van der Waals surface area contributed by atoms with Crippen LogP contribution in [0.3, 0.4) is 0 Å². The zero-order valence-electron chi connectivity index (χ0n) is 11.9. The molecule has 0 saturated carbocycles. The first-order valence-corrected chi connectivity index (χ1v) is 6.10. The van der Waals surface area contributed by atoms with E-state index in [1.54, 1.807) is 13.0 Å². The quantitative estimate of drug-likeness (QED) is 0.842. The van der Waals surface area contributed by atoms with Gasteiger partial charge < -0.3 is 5.11 Å². The summed E-state index contributed by atoms with van der Waals surface area (Å²) in [6, 6.07) is 4.88. The van der Waals surface area contributed by atoms with E-state index in [-0.39, 0.29) is 11.0 Å². The number of rotatable bonds is 2. The van der Waals surface area contributed by atoms with Gasteiger partial charge in [0, 0.05) is 5.56 Å². The third kappa shape index (κ3) is 2.56. The molecule has 0 spiro atoms. The summed E-state index contributed by atoms with van der Waals surface area (Å²) in [6.45, 7) is 9.92. The summed E-state index contributed by atoms with van der Waals surface area (Å²) in [5, 5.41) is 9.67. The van der Waals surface area contributed by atoms with E-state index in [0.29, 0.717) is 5.56 Å². The maximum atomic E-state index is 14.2. The smallest absolute Gasteiger partial charge is 0.300 e. The highest BCUT2D eigenvalue weighted by Crippen LogP contribution is 2.42. The molecule has 0 atom stereocenters.